The maximum Gasteiger partial charge on any atom is 0.433 e. The van der Waals surface area contributed by atoms with Crippen LogP contribution in [0.1, 0.15) is 11.4 Å². The molecule has 6 heteroatoms. The van der Waals surface area contributed by atoms with Gasteiger partial charge in [0, 0.05) is 6.20 Å². The summed E-state index contributed by atoms with van der Waals surface area (Å²) in [5.74, 6) is 0. The van der Waals surface area contributed by atoms with Crippen molar-refractivity contribution in [1.29, 1.82) is 0 Å². The summed E-state index contributed by atoms with van der Waals surface area (Å²) in [5.41, 5.74) is -0.0677. The number of hydrogen-bond donors (Lipinski definition) is 0. The van der Waals surface area contributed by atoms with Gasteiger partial charge in [-0.15, -0.1) is 0 Å². The van der Waals surface area contributed by atoms with Crippen LogP contribution < -0.4 is 0 Å². The molecule has 0 spiro atoms. The molecular formula is C8H6F3N3. The van der Waals surface area contributed by atoms with Crippen molar-refractivity contribution >= 4 is 5.65 Å². The highest BCUT2D eigenvalue weighted by atomic mass is 19.4. The van der Waals surface area contributed by atoms with Crippen LogP contribution >= 0.6 is 0 Å². The minimum atomic E-state index is -4.38. The molecule has 0 atom stereocenters. The molecule has 0 aliphatic heterocycles. The predicted octanol–water partition coefficient (Wildman–Crippen LogP) is 2.06. The lowest BCUT2D eigenvalue weighted by molar-refractivity contribution is -0.141. The zero-order valence-electron chi connectivity index (χ0n) is 7.21. The minimum Gasteiger partial charge on any atom is -0.293 e. The Balaban J connectivity index is 2.73. The van der Waals surface area contributed by atoms with Gasteiger partial charge >= 0.3 is 6.18 Å². The molecule has 2 heterocycles. The van der Waals surface area contributed by atoms with Crippen molar-refractivity contribution in [2.24, 2.45) is 0 Å². The fourth-order valence-corrected chi connectivity index (χ4v) is 1.20. The average Bonchev–Trinajstić information content (AvgIpc) is 2.45. The Hall–Kier alpha value is -1.59. The zero-order valence-corrected chi connectivity index (χ0v) is 7.21. The first-order valence-corrected chi connectivity index (χ1v) is 3.85. The van der Waals surface area contributed by atoms with Crippen molar-refractivity contribution < 1.29 is 13.2 Å². The van der Waals surface area contributed by atoms with Crippen LogP contribution in [0.15, 0.2) is 18.6 Å². The molecule has 0 aromatic carbocycles. The summed E-state index contributed by atoms with van der Waals surface area (Å²) < 4.78 is 38.2. The molecule has 0 aliphatic rings. The van der Waals surface area contributed by atoms with Gasteiger partial charge in [-0.05, 0) is 6.92 Å². The summed E-state index contributed by atoms with van der Waals surface area (Å²) in [7, 11) is 0. The summed E-state index contributed by atoms with van der Waals surface area (Å²) >= 11 is 0. The second kappa shape index (κ2) is 2.70. The largest absolute Gasteiger partial charge is 0.433 e. The van der Waals surface area contributed by atoms with Gasteiger partial charge in [0.25, 0.3) is 0 Å². The van der Waals surface area contributed by atoms with Crippen molar-refractivity contribution in [2.75, 3.05) is 0 Å². The van der Waals surface area contributed by atoms with Crippen molar-refractivity contribution in [3.63, 3.8) is 0 Å². The van der Waals surface area contributed by atoms with Gasteiger partial charge in [-0.25, -0.2) is 4.98 Å². The Morgan fingerprint density at radius 3 is 2.57 bits per heavy atom. The fraction of sp³-hybridized carbons (Fsp3) is 0.250. The molecule has 2 rings (SSSR count). The Bertz CT molecular complexity index is 472. The number of aromatic nitrogens is 3. The predicted molar refractivity (Wildman–Crippen MR) is 42.7 cm³/mol. The van der Waals surface area contributed by atoms with Gasteiger partial charge in [0.2, 0.25) is 0 Å². The first kappa shape index (κ1) is 8.98. The lowest BCUT2D eigenvalue weighted by Crippen LogP contribution is -2.09. The molecule has 3 nitrogen and oxygen atoms in total. The lowest BCUT2D eigenvalue weighted by atomic mass is 10.4. The van der Waals surface area contributed by atoms with Gasteiger partial charge < -0.3 is 0 Å². The van der Waals surface area contributed by atoms with Crippen LogP contribution in [-0.4, -0.2) is 14.4 Å². The Morgan fingerprint density at radius 2 is 1.93 bits per heavy atom. The van der Waals surface area contributed by atoms with Gasteiger partial charge in [0.1, 0.15) is 5.69 Å². The Kier molecular flexibility index (Phi) is 1.73. The van der Waals surface area contributed by atoms with Crippen LogP contribution in [0.5, 0.6) is 0 Å². The van der Waals surface area contributed by atoms with Gasteiger partial charge in [0.15, 0.2) is 5.65 Å². The highest BCUT2D eigenvalue weighted by molar-refractivity contribution is 5.38. The summed E-state index contributed by atoms with van der Waals surface area (Å²) in [6, 6.07) is 0. The molecule has 74 valence electrons. The van der Waals surface area contributed by atoms with Crippen molar-refractivity contribution in [1.82, 2.24) is 14.4 Å². The van der Waals surface area contributed by atoms with Gasteiger partial charge in [-0.2, -0.15) is 13.2 Å². The third-order valence-electron chi connectivity index (χ3n) is 1.82. The van der Waals surface area contributed by atoms with E-state index in [1.54, 1.807) is 6.92 Å². The van der Waals surface area contributed by atoms with E-state index < -0.39 is 11.9 Å². The SMILES string of the molecule is Cc1cn2c(C(F)(F)F)cnc2cn1. The summed E-state index contributed by atoms with van der Waals surface area (Å²) in [6.07, 6.45) is -0.959. The first-order chi connectivity index (χ1) is 6.48. The van der Waals surface area contributed by atoms with Crippen LogP contribution in [0.2, 0.25) is 0 Å². The van der Waals surface area contributed by atoms with E-state index in [1.165, 1.54) is 12.4 Å². The molecule has 0 bridgehead atoms. The molecule has 2 aromatic rings. The molecule has 0 N–H and O–H groups in total. The van der Waals surface area contributed by atoms with E-state index in [4.69, 9.17) is 0 Å². The molecular weight excluding hydrogens is 195 g/mol. The number of alkyl halides is 3. The van der Waals surface area contributed by atoms with Crippen LogP contribution in [0.4, 0.5) is 13.2 Å². The van der Waals surface area contributed by atoms with E-state index in [2.05, 4.69) is 9.97 Å². The Labute approximate surface area is 77.2 Å². The standard InChI is InChI=1S/C8H6F3N3/c1-5-4-14-6(8(9,10)11)2-13-7(14)3-12-5/h2-4H,1H3. The number of nitrogens with zero attached hydrogens (tertiary/aromatic N) is 3. The molecule has 0 amide bonds. The van der Waals surface area contributed by atoms with Crippen LogP contribution in [-0.2, 0) is 6.18 Å². The van der Waals surface area contributed by atoms with Gasteiger partial charge in [-0.3, -0.25) is 9.38 Å². The monoisotopic (exact) mass is 201 g/mol. The molecule has 0 radical (unpaired) electrons. The van der Waals surface area contributed by atoms with Gasteiger partial charge in [0.05, 0.1) is 18.1 Å². The highest BCUT2D eigenvalue weighted by Gasteiger charge is 2.34. The maximum atomic E-state index is 12.4. The quantitative estimate of drug-likeness (QED) is 0.653. The molecule has 0 saturated heterocycles. The first-order valence-electron chi connectivity index (χ1n) is 3.85. The molecule has 14 heavy (non-hydrogen) atoms. The van der Waals surface area contributed by atoms with Crippen molar-refractivity contribution in [3.8, 4) is 0 Å². The molecule has 2 aromatic heterocycles. The second-order valence-electron chi connectivity index (χ2n) is 2.90. The molecule has 0 saturated carbocycles. The Morgan fingerprint density at radius 1 is 1.21 bits per heavy atom. The van der Waals surface area contributed by atoms with E-state index >= 15 is 0 Å². The average molecular weight is 201 g/mol. The van der Waals surface area contributed by atoms with Crippen molar-refractivity contribution in [3.05, 3.63) is 30.0 Å². The number of aryl methyl sites for hydroxylation is 1. The zero-order chi connectivity index (χ0) is 10.3. The number of fused-ring (bicyclic) bond motifs is 1. The number of rotatable bonds is 0. The van der Waals surface area contributed by atoms with E-state index in [9.17, 15) is 13.2 Å². The topological polar surface area (TPSA) is 30.2 Å². The number of imidazole rings is 1. The van der Waals surface area contributed by atoms with Crippen molar-refractivity contribution in [2.45, 2.75) is 13.1 Å². The fourth-order valence-electron chi connectivity index (χ4n) is 1.20. The number of hydrogen-bond acceptors (Lipinski definition) is 2. The smallest absolute Gasteiger partial charge is 0.293 e. The minimum absolute atomic E-state index is 0.197. The molecule has 0 unspecified atom stereocenters. The molecule has 0 fully saturated rings. The van der Waals surface area contributed by atoms with E-state index in [0.29, 0.717) is 5.69 Å². The number of halogens is 3. The van der Waals surface area contributed by atoms with E-state index in [0.717, 1.165) is 10.6 Å². The van der Waals surface area contributed by atoms with Crippen LogP contribution in [0.25, 0.3) is 5.65 Å². The summed E-state index contributed by atoms with van der Waals surface area (Å²) in [5, 5.41) is 0. The summed E-state index contributed by atoms with van der Waals surface area (Å²) in [6.45, 7) is 1.62. The third kappa shape index (κ3) is 1.32. The lowest BCUT2D eigenvalue weighted by Gasteiger charge is -2.05. The second-order valence-corrected chi connectivity index (χ2v) is 2.90. The van der Waals surface area contributed by atoms with E-state index in [-0.39, 0.29) is 5.65 Å². The van der Waals surface area contributed by atoms with Crippen LogP contribution in [0, 0.1) is 6.92 Å². The van der Waals surface area contributed by atoms with E-state index in [1.807, 2.05) is 0 Å². The summed E-state index contributed by atoms with van der Waals surface area (Å²) in [4.78, 5) is 7.46. The third-order valence-corrected chi connectivity index (χ3v) is 1.82. The highest BCUT2D eigenvalue weighted by Crippen LogP contribution is 2.29. The van der Waals surface area contributed by atoms with Gasteiger partial charge in [-0.1, -0.05) is 0 Å². The maximum absolute atomic E-state index is 12.4. The molecule has 0 aliphatic carbocycles. The normalized spacial score (nSPS) is 12.3. The van der Waals surface area contributed by atoms with Crippen LogP contribution in [0.3, 0.4) is 0 Å².